The molecule has 0 N–H and O–H groups in total. The van der Waals surface area contributed by atoms with Gasteiger partial charge in [0.1, 0.15) is 34.4 Å². The fourth-order valence-corrected chi connectivity index (χ4v) is 4.22. The summed E-state index contributed by atoms with van der Waals surface area (Å²) in [5.74, 6) is 2.09. The number of hydrogen-bond donors (Lipinski definition) is 0. The number of fused-ring (bicyclic) bond motifs is 1. The number of ether oxygens (including phenoxy) is 3. The molecule has 0 saturated carbocycles. The summed E-state index contributed by atoms with van der Waals surface area (Å²) >= 11 is 0. The van der Waals surface area contributed by atoms with Crippen molar-refractivity contribution in [1.82, 2.24) is 9.88 Å². The third kappa shape index (κ3) is 5.58. The van der Waals surface area contributed by atoms with Crippen LogP contribution in [0.4, 0.5) is 10.2 Å². The molecule has 8 heteroatoms. The highest BCUT2D eigenvalue weighted by Crippen LogP contribution is 2.35. The maximum atomic E-state index is 13.7. The summed E-state index contributed by atoms with van der Waals surface area (Å²) in [5.41, 5.74) is 2.82. The Kier molecular flexibility index (Phi) is 7.77. The van der Waals surface area contributed by atoms with Crippen molar-refractivity contribution >= 4 is 22.6 Å². The standard InChI is InChI=1S/C29H30FN3O4/c1-32(2)28-21(16-24-25(36-4)14-15-26(37-5)27(24)31-28)18-33(17-19-6-12-23(35-3)13-7-19)29(34)20-8-10-22(30)11-9-20/h6-16H,17-18H2,1-5H3. The molecule has 0 radical (unpaired) electrons. The van der Waals surface area contributed by atoms with Crippen LogP contribution in [0.2, 0.25) is 0 Å². The molecule has 37 heavy (non-hydrogen) atoms. The van der Waals surface area contributed by atoms with Crippen molar-refractivity contribution in [3.05, 3.63) is 89.2 Å². The summed E-state index contributed by atoms with van der Waals surface area (Å²) in [4.78, 5) is 22.2. The molecule has 0 fully saturated rings. The van der Waals surface area contributed by atoms with Gasteiger partial charge in [0, 0.05) is 43.7 Å². The lowest BCUT2D eigenvalue weighted by atomic mass is 10.1. The molecular weight excluding hydrogens is 473 g/mol. The van der Waals surface area contributed by atoms with Gasteiger partial charge in [0.05, 0.1) is 21.3 Å². The van der Waals surface area contributed by atoms with Crippen molar-refractivity contribution in [2.75, 3.05) is 40.3 Å². The van der Waals surface area contributed by atoms with Gasteiger partial charge < -0.3 is 24.0 Å². The van der Waals surface area contributed by atoms with E-state index in [1.807, 2.05) is 61.5 Å². The molecular formula is C29H30FN3O4. The molecule has 0 bridgehead atoms. The number of carbonyl (C=O) groups is 1. The highest BCUT2D eigenvalue weighted by molar-refractivity contribution is 5.95. The first-order chi connectivity index (χ1) is 17.8. The van der Waals surface area contributed by atoms with Gasteiger partial charge in [-0.05, 0) is 60.2 Å². The van der Waals surface area contributed by atoms with E-state index in [2.05, 4.69) is 0 Å². The molecule has 1 heterocycles. The zero-order chi connectivity index (χ0) is 26.5. The van der Waals surface area contributed by atoms with Gasteiger partial charge in [0.25, 0.3) is 5.91 Å². The fraction of sp³-hybridized carbons (Fsp3) is 0.241. The van der Waals surface area contributed by atoms with E-state index in [0.29, 0.717) is 34.9 Å². The van der Waals surface area contributed by atoms with Crippen molar-refractivity contribution in [2.24, 2.45) is 0 Å². The second-order valence-electron chi connectivity index (χ2n) is 8.75. The fourth-order valence-electron chi connectivity index (χ4n) is 4.22. The van der Waals surface area contributed by atoms with Crippen molar-refractivity contribution in [2.45, 2.75) is 13.1 Å². The topological polar surface area (TPSA) is 64.1 Å². The van der Waals surface area contributed by atoms with Crippen LogP contribution in [0.5, 0.6) is 17.2 Å². The Labute approximate surface area is 216 Å². The molecule has 0 unspecified atom stereocenters. The number of aromatic nitrogens is 1. The minimum atomic E-state index is -0.395. The monoisotopic (exact) mass is 503 g/mol. The van der Waals surface area contributed by atoms with Crippen LogP contribution in [0.1, 0.15) is 21.5 Å². The molecule has 1 aromatic heterocycles. The number of rotatable bonds is 9. The van der Waals surface area contributed by atoms with E-state index in [1.54, 1.807) is 26.2 Å². The van der Waals surface area contributed by atoms with Gasteiger partial charge in [-0.25, -0.2) is 9.37 Å². The Morgan fingerprint density at radius 2 is 1.49 bits per heavy atom. The summed E-state index contributed by atoms with van der Waals surface area (Å²) in [6, 6.07) is 18.8. The highest BCUT2D eigenvalue weighted by atomic mass is 19.1. The summed E-state index contributed by atoms with van der Waals surface area (Å²) in [7, 11) is 8.62. The Bertz CT molecular complexity index is 1390. The van der Waals surface area contributed by atoms with E-state index in [9.17, 15) is 9.18 Å². The Morgan fingerprint density at radius 1 is 0.838 bits per heavy atom. The first-order valence-corrected chi connectivity index (χ1v) is 11.7. The third-order valence-corrected chi connectivity index (χ3v) is 6.10. The van der Waals surface area contributed by atoms with Crippen LogP contribution in [0.3, 0.4) is 0 Å². The van der Waals surface area contributed by atoms with Crippen LogP contribution >= 0.6 is 0 Å². The lowest BCUT2D eigenvalue weighted by molar-refractivity contribution is 0.0730. The predicted octanol–water partition coefficient (Wildman–Crippen LogP) is 5.31. The van der Waals surface area contributed by atoms with Crippen LogP contribution in [0.25, 0.3) is 10.9 Å². The normalized spacial score (nSPS) is 10.8. The lowest BCUT2D eigenvalue weighted by Crippen LogP contribution is -2.31. The van der Waals surface area contributed by atoms with E-state index >= 15 is 0 Å². The highest BCUT2D eigenvalue weighted by Gasteiger charge is 2.22. The van der Waals surface area contributed by atoms with Gasteiger partial charge in [-0.1, -0.05) is 12.1 Å². The first-order valence-electron chi connectivity index (χ1n) is 11.7. The maximum absolute atomic E-state index is 13.7. The average Bonchev–Trinajstić information content (AvgIpc) is 2.92. The van der Waals surface area contributed by atoms with E-state index in [4.69, 9.17) is 19.2 Å². The first kappa shape index (κ1) is 25.8. The number of carbonyl (C=O) groups excluding carboxylic acids is 1. The SMILES string of the molecule is COc1ccc(CN(Cc2cc3c(OC)ccc(OC)c3nc2N(C)C)C(=O)c2ccc(F)cc2)cc1. The van der Waals surface area contributed by atoms with Crippen molar-refractivity contribution in [3.8, 4) is 17.2 Å². The van der Waals surface area contributed by atoms with Crippen molar-refractivity contribution in [3.63, 3.8) is 0 Å². The van der Waals surface area contributed by atoms with Crippen molar-refractivity contribution in [1.29, 1.82) is 0 Å². The van der Waals surface area contributed by atoms with Crippen LogP contribution in [-0.4, -0.2) is 51.2 Å². The van der Waals surface area contributed by atoms with Gasteiger partial charge >= 0.3 is 0 Å². The number of anilines is 1. The van der Waals surface area contributed by atoms with Crippen LogP contribution in [-0.2, 0) is 13.1 Å². The summed E-state index contributed by atoms with van der Waals surface area (Å²) < 4.78 is 30.0. The van der Waals surface area contributed by atoms with Crippen LogP contribution < -0.4 is 19.1 Å². The smallest absolute Gasteiger partial charge is 0.254 e. The zero-order valence-electron chi connectivity index (χ0n) is 21.6. The molecule has 0 aliphatic carbocycles. The van der Waals surface area contributed by atoms with Gasteiger partial charge in [0.2, 0.25) is 0 Å². The Morgan fingerprint density at radius 3 is 2.08 bits per heavy atom. The number of hydrogen-bond acceptors (Lipinski definition) is 6. The number of pyridine rings is 1. The van der Waals surface area contributed by atoms with Gasteiger partial charge in [-0.3, -0.25) is 4.79 Å². The number of benzene rings is 3. The van der Waals surface area contributed by atoms with Crippen LogP contribution in [0, 0.1) is 5.82 Å². The summed E-state index contributed by atoms with van der Waals surface area (Å²) in [5, 5.41) is 0.779. The number of halogens is 1. The summed E-state index contributed by atoms with van der Waals surface area (Å²) in [6.45, 7) is 0.597. The Hall–Kier alpha value is -4.33. The second kappa shape index (κ2) is 11.2. The largest absolute Gasteiger partial charge is 0.497 e. The molecule has 4 rings (SSSR count). The maximum Gasteiger partial charge on any atom is 0.254 e. The minimum Gasteiger partial charge on any atom is -0.497 e. The molecule has 0 aliphatic rings. The molecule has 1 amide bonds. The molecule has 0 atom stereocenters. The number of methoxy groups -OCH3 is 3. The second-order valence-corrected chi connectivity index (χ2v) is 8.75. The van der Waals surface area contributed by atoms with Gasteiger partial charge in [0.15, 0.2) is 0 Å². The van der Waals surface area contributed by atoms with E-state index < -0.39 is 5.82 Å². The molecule has 0 saturated heterocycles. The minimum absolute atomic E-state index is 0.224. The third-order valence-electron chi connectivity index (χ3n) is 6.10. The Balaban J connectivity index is 1.80. The average molecular weight is 504 g/mol. The molecule has 192 valence electrons. The molecule has 3 aromatic carbocycles. The molecule has 0 aliphatic heterocycles. The quantitative estimate of drug-likeness (QED) is 0.309. The predicted molar refractivity (Wildman–Crippen MR) is 142 cm³/mol. The van der Waals surface area contributed by atoms with E-state index in [0.717, 1.165) is 22.3 Å². The lowest BCUT2D eigenvalue weighted by Gasteiger charge is -2.26. The zero-order valence-corrected chi connectivity index (χ0v) is 21.6. The van der Waals surface area contributed by atoms with Crippen LogP contribution in [0.15, 0.2) is 66.7 Å². The molecule has 7 nitrogen and oxygen atoms in total. The molecule has 4 aromatic rings. The summed E-state index contributed by atoms with van der Waals surface area (Å²) in [6.07, 6.45) is 0. The van der Waals surface area contributed by atoms with Gasteiger partial charge in [-0.2, -0.15) is 0 Å². The number of amides is 1. The number of nitrogens with zero attached hydrogens (tertiary/aromatic N) is 3. The van der Waals surface area contributed by atoms with Crippen molar-refractivity contribution < 1.29 is 23.4 Å². The van der Waals surface area contributed by atoms with Gasteiger partial charge in [-0.15, -0.1) is 0 Å². The van der Waals surface area contributed by atoms with E-state index in [1.165, 1.54) is 24.3 Å². The molecule has 0 spiro atoms. The van der Waals surface area contributed by atoms with E-state index in [-0.39, 0.29) is 12.5 Å².